The van der Waals surface area contributed by atoms with Crippen LogP contribution >= 0.6 is 0 Å². The van der Waals surface area contributed by atoms with E-state index in [2.05, 4.69) is 10.5 Å². The van der Waals surface area contributed by atoms with E-state index in [4.69, 9.17) is 14.0 Å². The Bertz CT molecular complexity index is 961. The minimum Gasteiger partial charge on any atom is -0.490 e. The van der Waals surface area contributed by atoms with Gasteiger partial charge in [-0.15, -0.1) is 0 Å². The van der Waals surface area contributed by atoms with Crippen LogP contribution in [0.2, 0.25) is 0 Å². The van der Waals surface area contributed by atoms with E-state index >= 15 is 0 Å². The number of anilines is 1. The highest BCUT2D eigenvalue weighted by molar-refractivity contribution is 5.90. The highest BCUT2D eigenvalue weighted by Gasteiger charge is 2.19. The maximum atomic E-state index is 12.3. The molecular formula is C24H26N2O4. The summed E-state index contributed by atoms with van der Waals surface area (Å²) < 4.78 is 16.9. The number of rotatable bonds is 6. The van der Waals surface area contributed by atoms with Crippen molar-refractivity contribution in [3.8, 4) is 17.1 Å². The molecule has 1 aromatic heterocycles. The third-order valence-electron chi connectivity index (χ3n) is 5.27. The van der Waals surface area contributed by atoms with E-state index in [0.717, 1.165) is 29.7 Å². The van der Waals surface area contributed by atoms with Crippen molar-refractivity contribution in [1.82, 2.24) is 5.16 Å². The fourth-order valence-electron chi connectivity index (χ4n) is 3.64. The van der Waals surface area contributed by atoms with Crippen molar-refractivity contribution >= 4 is 11.8 Å². The molecule has 0 unspecified atom stereocenters. The Labute approximate surface area is 176 Å². The molecule has 0 radical (unpaired) electrons. The molecule has 30 heavy (non-hydrogen) atoms. The predicted molar refractivity (Wildman–Crippen MR) is 114 cm³/mol. The van der Waals surface area contributed by atoms with Crippen LogP contribution in [0.4, 0.5) is 10.5 Å². The van der Waals surface area contributed by atoms with E-state index in [1.54, 1.807) is 6.92 Å². The van der Waals surface area contributed by atoms with Crippen LogP contribution in [0.25, 0.3) is 11.3 Å². The minimum absolute atomic E-state index is 0.194. The Hall–Kier alpha value is -3.28. The minimum atomic E-state index is -0.552. The van der Waals surface area contributed by atoms with E-state index in [-0.39, 0.29) is 6.61 Å². The smallest absolute Gasteiger partial charge is 0.412 e. The van der Waals surface area contributed by atoms with E-state index in [9.17, 15) is 4.79 Å². The summed E-state index contributed by atoms with van der Waals surface area (Å²) in [5.41, 5.74) is 2.83. The average molecular weight is 406 g/mol. The SMILES string of the molecule is Cc1noc(-c2ccc(OC3CCCCC3)cc2)c1NC(=O)OCc1ccccc1. The largest absolute Gasteiger partial charge is 0.490 e. The van der Waals surface area contributed by atoms with Gasteiger partial charge in [0, 0.05) is 5.56 Å². The van der Waals surface area contributed by atoms with E-state index in [0.29, 0.717) is 23.2 Å². The number of nitrogens with zero attached hydrogens (tertiary/aromatic N) is 1. The summed E-state index contributed by atoms with van der Waals surface area (Å²) in [5, 5.41) is 6.76. The first-order chi connectivity index (χ1) is 14.7. The summed E-state index contributed by atoms with van der Waals surface area (Å²) in [6.07, 6.45) is 5.74. The molecule has 156 valence electrons. The lowest BCUT2D eigenvalue weighted by Gasteiger charge is -2.23. The second-order valence-corrected chi connectivity index (χ2v) is 7.56. The van der Waals surface area contributed by atoms with Crippen LogP contribution in [0.1, 0.15) is 43.4 Å². The zero-order valence-corrected chi connectivity index (χ0v) is 17.1. The van der Waals surface area contributed by atoms with Gasteiger partial charge in [-0.2, -0.15) is 0 Å². The molecule has 1 amide bonds. The molecule has 0 saturated heterocycles. The van der Waals surface area contributed by atoms with E-state index < -0.39 is 6.09 Å². The molecular weight excluding hydrogens is 380 g/mol. The molecule has 4 rings (SSSR count). The zero-order chi connectivity index (χ0) is 20.8. The molecule has 1 fully saturated rings. The summed E-state index contributed by atoms with van der Waals surface area (Å²) >= 11 is 0. The Kier molecular flexibility index (Phi) is 6.32. The lowest BCUT2D eigenvalue weighted by atomic mass is 9.98. The Morgan fingerprint density at radius 1 is 1.07 bits per heavy atom. The van der Waals surface area contributed by atoms with E-state index in [1.807, 2.05) is 54.6 Å². The monoisotopic (exact) mass is 406 g/mol. The molecule has 0 bridgehead atoms. The molecule has 1 aliphatic rings. The maximum absolute atomic E-state index is 12.3. The van der Waals surface area contributed by atoms with Gasteiger partial charge in [0.05, 0.1) is 6.10 Å². The number of ether oxygens (including phenoxy) is 2. The summed E-state index contributed by atoms with van der Waals surface area (Å²) in [5.74, 6) is 1.34. The Morgan fingerprint density at radius 2 is 1.80 bits per heavy atom. The first-order valence-corrected chi connectivity index (χ1v) is 10.4. The van der Waals surface area contributed by atoms with Crippen LogP contribution in [0.5, 0.6) is 5.75 Å². The Morgan fingerprint density at radius 3 is 2.53 bits per heavy atom. The van der Waals surface area contributed by atoms with Crippen LogP contribution < -0.4 is 10.1 Å². The van der Waals surface area contributed by atoms with Gasteiger partial charge in [-0.3, -0.25) is 5.32 Å². The molecule has 6 nitrogen and oxygen atoms in total. The number of carbonyl (C=O) groups excluding carboxylic acids is 1. The van der Waals surface area contributed by atoms with Gasteiger partial charge in [0.25, 0.3) is 0 Å². The highest BCUT2D eigenvalue weighted by atomic mass is 16.5. The summed E-state index contributed by atoms with van der Waals surface area (Å²) in [6.45, 7) is 1.97. The molecule has 2 aromatic carbocycles. The quantitative estimate of drug-likeness (QED) is 0.534. The molecule has 1 heterocycles. The zero-order valence-electron chi connectivity index (χ0n) is 17.1. The third kappa shape index (κ3) is 5.00. The van der Waals surface area contributed by atoms with Crippen molar-refractivity contribution in [2.24, 2.45) is 0 Å². The summed E-state index contributed by atoms with van der Waals surface area (Å²) in [6, 6.07) is 17.2. The molecule has 1 aliphatic carbocycles. The van der Waals surface area contributed by atoms with Crippen LogP contribution in [0, 0.1) is 6.92 Å². The molecule has 1 N–H and O–H groups in total. The molecule has 3 aromatic rings. The number of aromatic nitrogens is 1. The van der Waals surface area contributed by atoms with E-state index in [1.165, 1.54) is 19.3 Å². The van der Waals surface area contributed by atoms with Gasteiger partial charge in [-0.1, -0.05) is 41.9 Å². The van der Waals surface area contributed by atoms with Crippen LogP contribution in [-0.2, 0) is 11.3 Å². The lowest BCUT2D eigenvalue weighted by molar-refractivity contribution is 0.154. The van der Waals surface area contributed by atoms with Gasteiger partial charge in [0.15, 0.2) is 5.76 Å². The van der Waals surface area contributed by atoms with Gasteiger partial charge in [0.1, 0.15) is 23.7 Å². The van der Waals surface area contributed by atoms with Gasteiger partial charge < -0.3 is 14.0 Å². The van der Waals surface area contributed by atoms with Crippen molar-refractivity contribution in [3.05, 3.63) is 65.9 Å². The molecule has 0 aliphatic heterocycles. The maximum Gasteiger partial charge on any atom is 0.412 e. The number of hydrogen-bond donors (Lipinski definition) is 1. The van der Waals surface area contributed by atoms with Gasteiger partial charge in [-0.05, 0) is 62.4 Å². The first kappa shape index (κ1) is 20.0. The number of carbonyl (C=O) groups is 1. The normalized spacial score (nSPS) is 14.3. The summed E-state index contributed by atoms with van der Waals surface area (Å²) in [4.78, 5) is 12.3. The van der Waals surface area contributed by atoms with Crippen molar-refractivity contribution in [2.45, 2.75) is 51.7 Å². The molecule has 6 heteroatoms. The van der Waals surface area contributed by atoms with Gasteiger partial charge in [-0.25, -0.2) is 4.79 Å². The Balaban J connectivity index is 1.40. The van der Waals surface area contributed by atoms with Crippen molar-refractivity contribution in [3.63, 3.8) is 0 Å². The van der Waals surface area contributed by atoms with Crippen LogP contribution in [-0.4, -0.2) is 17.4 Å². The number of amides is 1. The van der Waals surface area contributed by atoms with Crippen molar-refractivity contribution < 1.29 is 18.8 Å². The molecule has 0 spiro atoms. The van der Waals surface area contributed by atoms with Crippen molar-refractivity contribution in [1.29, 1.82) is 0 Å². The second kappa shape index (κ2) is 9.48. The van der Waals surface area contributed by atoms with Crippen LogP contribution in [0.3, 0.4) is 0 Å². The first-order valence-electron chi connectivity index (χ1n) is 10.4. The topological polar surface area (TPSA) is 73.6 Å². The molecule has 0 atom stereocenters. The van der Waals surface area contributed by atoms with Gasteiger partial charge >= 0.3 is 6.09 Å². The second-order valence-electron chi connectivity index (χ2n) is 7.56. The highest BCUT2D eigenvalue weighted by Crippen LogP contribution is 2.33. The fraction of sp³-hybridized carbons (Fsp3) is 0.333. The number of aryl methyl sites for hydroxylation is 1. The fourth-order valence-corrected chi connectivity index (χ4v) is 3.64. The summed E-state index contributed by atoms with van der Waals surface area (Å²) in [7, 11) is 0. The van der Waals surface area contributed by atoms with Crippen LogP contribution in [0.15, 0.2) is 59.1 Å². The molecule has 1 saturated carbocycles. The van der Waals surface area contributed by atoms with Gasteiger partial charge in [0.2, 0.25) is 0 Å². The van der Waals surface area contributed by atoms with Crippen molar-refractivity contribution in [2.75, 3.05) is 5.32 Å². The average Bonchev–Trinajstić information content (AvgIpc) is 3.14. The number of nitrogens with one attached hydrogen (secondary N) is 1. The number of benzene rings is 2. The third-order valence-corrected chi connectivity index (χ3v) is 5.27. The number of hydrogen-bond acceptors (Lipinski definition) is 5. The standard InChI is InChI=1S/C24H26N2O4/c1-17-22(25-24(27)28-16-18-8-4-2-5-9-18)23(30-26-17)19-12-14-21(15-13-19)29-20-10-6-3-7-11-20/h2,4-5,8-9,12-15,20H,3,6-7,10-11,16H2,1H3,(H,25,27). The predicted octanol–water partition coefficient (Wildman–Crippen LogP) is 6.11. The lowest BCUT2D eigenvalue weighted by Crippen LogP contribution is -2.19.